The Balaban J connectivity index is 2.26. The van der Waals surface area contributed by atoms with Gasteiger partial charge in [0.1, 0.15) is 0 Å². The number of ether oxygens (including phenoxy) is 1. The van der Waals surface area contributed by atoms with Crippen molar-refractivity contribution >= 4 is 0 Å². The molecule has 90 valence electrons. The molecule has 1 aliphatic carbocycles. The smallest absolute Gasteiger partial charge is 0.0882 e. The Morgan fingerprint density at radius 2 is 1.69 bits per heavy atom. The lowest BCUT2D eigenvalue weighted by molar-refractivity contribution is -0.171. The maximum atomic E-state index is 10.9. The molecule has 2 rings (SSSR count). The van der Waals surface area contributed by atoms with Crippen LogP contribution in [0.1, 0.15) is 52.4 Å². The fourth-order valence-corrected chi connectivity index (χ4v) is 3.58. The van der Waals surface area contributed by atoms with E-state index in [0.29, 0.717) is 12.8 Å². The van der Waals surface area contributed by atoms with Gasteiger partial charge in [0.2, 0.25) is 0 Å². The summed E-state index contributed by atoms with van der Waals surface area (Å²) in [5, 5.41) is 20.3. The van der Waals surface area contributed by atoms with Gasteiger partial charge in [-0.05, 0) is 26.7 Å². The summed E-state index contributed by atoms with van der Waals surface area (Å²) in [6.45, 7) is 3.97. The zero-order valence-corrected chi connectivity index (χ0v) is 10.2. The Kier molecular flexibility index (Phi) is 2.98. The van der Waals surface area contributed by atoms with Gasteiger partial charge in [-0.2, -0.15) is 5.26 Å². The average molecular weight is 223 g/mol. The van der Waals surface area contributed by atoms with E-state index in [9.17, 15) is 10.4 Å². The topological polar surface area (TPSA) is 53.2 Å². The SMILES string of the molecule is CC1CC(O)(C2(C#N)CCCC2)CC(C)O1. The molecule has 3 heteroatoms. The van der Waals surface area contributed by atoms with Crippen LogP contribution in [0.2, 0.25) is 0 Å². The first-order valence-corrected chi connectivity index (χ1v) is 6.30. The van der Waals surface area contributed by atoms with Gasteiger partial charge in [0.25, 0.3) is 0 Å². The maximum absolute atomic E-state index is 10.9. The van der Waals surface area contributed by atoms with E-state index in [1.165, 1.54) is 0 Å². The van der Waals surface area contributed by atoms with E-state index in [1.54, 1.807) is 0 Å². The molecule has 0 amide bonds. The highest BCUT2D eigenvalue weighted by Crippen LogP contribution is 2.51. The zero-order valence-electron chi connectivity index (χ0n) is 10.2. The van der Waals surface area contributed by atoms with Crippen molar-refractivity contribution < 1.29 is 9.84 Å². The second-order valence-electron chi connectivity index (χ2n) is 5.60. The number of nitrogens with zero attached hydrogens (tertiary/aromatic N) is 1. The van der Waals surface area contributed by atoms with E-state index < -0.39 is 11.0 Å². The maximum Gasteiger partial charge on any atom is 0.0882 e. The summed E-state index contributed by atoms with van der Waals surface area (Å²) in [5.74, 6) is 0. The van der Waals surface area contributed by atoms with Crippen molar-refractivity contribution in [2.45, 2.75) is 70.2 Å². The van der Waals surface area contributed by atoms with Crippen LogP contribution in [0.15, 0.2) is 0 Å². The van der Waals surface area contributed by atoms with Crippen molar-refractivity contribution in [1.29, 1.82) is 5.26 Å². The molecule has 2 fully saturated rings. The van der Waals surface area contributed by atoms with Crippen LogP contribution in [0.25, 0.3) is 0 Å². The largest absolute Gasteiger partial charge is 0.388 e. The highest BCUT2D eigenvalue weighted by molar-refractivity contribution is 5.15. The van der Waals surface area contributed by atoms with Crippen LogP contribution in [0.5, 0.6) is 0 Å². The van der Waals surface area contributed by atoms with E-state index in [0.717, 1.165) is 25.7 Å². The molecule has 3 nitrogen and oxygen atoms in total. The average Bonchev–Trinajstić information content (AvgIpc) is 2.64. The van der Waals surface area contributed by atoms with E-state index >= 15 is 0 Å². The first kappa shape index (κ1) is 11.9. The zero-order chi connectivity index (χ0) is 11.8. The van der Waals surface area contributed by atoms with Gasteiger partial charge in [-0.3, -0.25) is 0 Å². The quantitative estimate of drug-likeness (QED) is 0.742. The first-order valence-electron chi connectivity index (χ1n) is 6.30. The standard InChI is InChI=1S/C13H21NO2/c1-10-7-13(15,8-11(2)16-10)12(9-14)5-3-4-6-12/h10-11,15H,3-8H2,1-2H3. The number of aliphatic hydroxyl groups is 1. The molecule has 16 heavy (non-hydrogen) atoms. The molecule has 0 spiro atoms. The minimum Gasteiger partial charge on any atom is -0.388 e. The fraction of sp³-hybridized carbons (Fsp3) is 0.923. The molecule has 1 saturated carbocycles. The van der Waals surface area contributed by atoms with E-state index in [-0.39, 0.29) is 12.2 Å². The Morgan fingerprint density at radius 1 is 1.19 bits per heavy atom. The third kappa shape index (κ3) is 1.74. The van der Waals surface area contributed by atoms with Gasteiger partial charge in [-0.15, -0.1) is 0 Å². The minimum absolute atomic E-state index is 0.0552. The van der Waals surface area contributed by atoms with Crippen LogP contribution >= 0.6 is 0 Å². The van der Waals surface area contributed by atoms with E-state index in [4.69, 9.17) is 4.74 Å². The summed E-state index contributed by atoms with van der Waals surface area (Å²) in [6, 6.07) is 2.42. The molecule has 2 atom stereocenters. The molecule has 1 saturated heterocycles. The van der Waals surface area contributed by atoms with Crippen molar-refractivity contribution in [2.24, 2.45) is 5.41 Å². The van der Waals surface area contributed by atoms with Crippen molar-refractivity contribution in [3.05, 3.63) is 0 Å². The Labute approximate surface area is 97.4 Å². The van der Waals surface area contributed by atoms with Crippen LogP contribution < -0.4 is 0 Å². The Morgan fingerprint density at radius 3 is 2.12 bits per heavy atom. The lowest BCUT2D eigenvalue weighted by Gasteiger charge is -2.47. The lowest BCUT2D eigenvalue weighted by Crippen LogP contribution is -2.53. The number of nitriles is 1. The number of hydrogen-bond acceptors (Lipinski definition) is 3. The summed E-state index contributed by atoms with van der Waals surface area (Å²) in [5.41, 5.74) is -1.35. The van der Waals surface area contributed by atoms with Crippen molar-refractivity contribution in [1.82, 2.24) is 0 Å². The Bertz CT molecular complexity index is 292. The molecule has 0 aromatic rings. The van der Waals surface area contributed by atoms with Crippen LogP contribution in [0, 0.1) is 16.7 Å². The monoisotopic (exact) mass is 223 g/mol. The summed E-state index contributed by atoms with van der Waals surface area (Å²) in [6.07, 6.45) is 5.15. The molecule has 2 unspecified atom stereocenters. The molecule has 1 aliphatic heterocycles. The summed E-state index contributed by atoms with van der Waals surface area (Å²) in [7, 11) is 0. The summed E-state index contributed by atoms with van der Waals surface area (Å²) < 4.78 is 5.66. The van der Waals surface area contributed by atoms with Crippen molar-refractivity contribution in [2.75, 3.05) is 0 Å². The second-order valence-corrected chi connectivity index (χ2v) is 5.60. The van der Waals surface area contributed by atoms with Crippen LogP contribution in [-0.4, -0.2) is 22.9 Å². The predicted molar refractivity (Wildman–Crippen MR) is 60.7 cm³/mol. The van der Waals surface area contributed by atoms with Crippen LogP contribution in [0.4, 0.5) is 0 Å². The second kappa shape index (κ2) is 4.01. The lowest BCUT2D eigenvalue weighted by atomic mass is 9.65. The minimum atomic E-state index is -0.838. The molecule has 0 aromatic heterocycles. The highest BCUT2D eigenvalue weighted by atomic mass is 16.5. The molecular formula is C13H21NO2. The molecule has 0 aromatic carbocycles. The van der Waals surface area contributed by atoms with Gasteiger partial charge in [-0.1, -0.05) is 12.8 Å². The van der Waals surface area contributed by atoms with Gasteiger partial charge in [0.15, 0.2) is 0 Å². The highest BCUT2D eigenvalue weighted by Gasteiger charge is 2.55. The van der Waals surface area contributed by atoms with Gasteiger partial charge >= 0.3 is 0 Å². The van der Waals surface area contributed by atoms with Crippen LogP contribution in [-0.2, 0) is 4.74 Å². The van der Waals surface area contributed by atoms with Crippen LogP contribution in [0.3, 0.4) is 0 Å². The third-order valence-corrected chi connectivity index (χ3v) is 4.28. The number of rotatable bonds is 1. The summed E-state index contributed by atoms with van der Waals surface area (Å²) in [4.78, 5) is 0. The van der Waals surface area contributed by atoms with E-state index in [2.05, 4.69) is 6.07 Å². The van der Waals surface area contributed by atoms with E-state index in [1.807, 2.05) is 13.8 Å². The molecule has 1 N–H and O–H groups in total. The summed E-state index contributed by atoms with van der Waals surface area (Å²) >= 11 is 0. The number of hydrogen-bond donors (Lipinski definition) is 1. The van der Waals surface area contributed by atoms with Gasteiger partial charge in [0.05, 0.1) is 29.3 Å². The Hall–Kier alpha value is -0.590. The molecule has 1 heterocycles. The van der Waals surface area contributed by atoms with Gasteiger partial charge < -0.3 is 9.84 Å². The van der Waals surface area contributed by atoms with Crippen molar-refractivity contribution in [3.63, 3.8) is 0 Å². The molecule has 2 aliphatic rings. The third-order valence-electron chi connectivity index (χ3n) is 4.28. The normalized spacial score (nSPS) is 42.9. The van der Waals surface area contributed by atoms with Gasteiger partial charge in [0, 0.05) is 12.8 Å². The first-order chi connectivity index (χ1) is 7.51. The predicted octanol–water partition coefficient (Wildman–Crippen LogP) is 2.39. The molecular weight excluding hydrogens is 202 g/mol. The molecule has 0 bridgehead atoms. The van der Waals surface area contributed by atoms with Crippen molar-refractivity contribution in [3.8, 4) is 6.07 Å². The van der Waals surface area contributed by atoms with Gasteiger partial charge in [-0.25, -0.2) is 0 Å². The molecule has 0 radical (unpaired) electrons. The fourth-order valence-electron chi connectivity index (χ4n) is 3.58.